The third-order valence-corrected chi connectivity index (χ3v) is 5.30. The fraction of sp³-hybridized carbons (Fsp3) is 0.692. The van der Waals surface area contributed by atoms with Crippen LogP contribution < -0.4 is 4.90 Å². The third kappa shape index (κ3) is 2.90. The van der Waals surface area contributed by atoms with Gasteiger partial charge in [-0.25, -0.2) is 0 Å². The van der Waals surface area contributed by atoms with Crippen molar-refractivity contribution in [3.05, 3.63) is 21.1 Å². The van der Waals surface area contributed by atoms with Gasteiger partial charge >= 0.3 is 5.69 Å². The van der Waals surface area contributed by atoms with Gasteiger partial charge in [-0.15, -0.1) is 11.3 Å². The van der Waals surface area contributed by atoms with E-state index >= 15 is 0 Å². The highest BCUT2D eigenvalue weighted by molar-refractivity contribution is 7.16. The van der Waals surface area contributed by atoms with E-state index in [-0.39, 0.29) is 10.6 Å². The number of rotatable bonds is 3. The van der Waals surface area contributed by atoms with Crippen LogP contribution >= 0.6 is 11.3 Å². The normalized spacial score (nSPS) is 25.4. The minimum absolute atomic E-state index is 0.127. The molecule has 3 unspecified atom stereocenters. The molecule has 6 heteroatoms. The minimum Gasteiger partial charge on any atom is -0.388 e. The van der Waals surface area contributed by atoms with Crippen LogP contribution in [0.1, 0.15) is 38.2 Å². The average Bonchev–Trinajstić information content (AvgIpc) is 2.78. The van der Waals surface area contributed by atoms with E-state index in [0.717, 1.165) is 19.5 Å². The number of nitro groups is 1. The number of hydrogen-bond acceptors (Lipinski definition) is 5. The molecule has 5 nitrogen and oxygen atoms in total. The topological polar surface area (TPSA) is 66.6 Å². The molecule has 1 fully saturated rings. The molecule has 2 heterocycles. The Morgan fingerprint density at radius 1 is 1.53 bits per heavy atom. The first-order valence-electron chi connectivity index (χ1n) is 6.61. The predicted octanol–water partition coefficient (Wildman–Crippen LogP) is 3.19. The van der Waals surface area contributed by atoms with E-state index in [1.165, 1.54) is 17.4 Å². The molecule has 0 amide bonds. The molecule has 0 aliphatic carbocycles. The van der Waals surface area contributed by atoms with Crippen molar-refractivity contribution in [2.24, 2.45) is 11.8 Å². The Bertz CT molecular complexity index is 472. The smallest absolute Gasteiger partial charge is 0.304 e. The van der Waals surface area contributed by atoms with Gasteiger partial charge in [0.15, 0.2) is 5.00 Å². The fourth-order valence-corrected chi connectivity index (χ4v) is 3.50. The zero-order chi connectivity index (χ0) is 14.2. The quantitative estimate of drug-likeness (QED) is 0.683. The first kappa shape index (κ1) is 14.3. The summed E-state index contributed by atoms with van der Waals surface area (Å²) >= 11 is 1.34. The largest absolute Gasteiger partial charge is 0.388 e. The fourth-order valence-electron chi connectivity index (χ4n) is 2.40. The lowest BCUT2D eigenvalue weighted by Crippen LogP contribution is -2.38. The molecule has 2 rings (SSSR count). The van der Waals surface area contributed by atoms with E-state index in [0.29, 0.717) is 21.7 Å². The van der Waals surface area contributed by atoms with Crippen molar-refractivity contribution >= 4 is 22.0 Å². The van der Waals surface area contributed by atoms with Crippen LogP contribution in [0.25, 0.3) is 0 Å². The summed E-state index contributed by atoms with van der Waals surface area (Å²) in [5.74, 6) is 1.19. The van der Waals surface area contributed by atoms with Gasteiger partial charge in [0.2, 0.25) is 0 Å². The van der Waals surface area contributed by atoms with Gasteiger partial charge in [-0.3, -0.25) is 10.1 Å². The highest BCUT2D eigenvalue weighted by Crippen LogP contribution is 2.42. The Balaban J connectivity index is 2.30. The summed E-state index contributed by atoms with van der Waals surface area (Å²) in [7, 11) is 0. The van der Waals surface area contributed by atoms with Crippen molar-refractivity contribution in [3.63, 3.8) is 0 Å². The van der Waals surface area contributed by atoms with Crippen molar-refractivity contribution in [2.75, 3.05) is 18.0 Å². The maximum Gasteiger partial charge on any atom is 0.304 e. The monoisotopic (exact) mass is 284 g/mol. The Hall–Kier alpha value is -1.14. The number of piperidine rings is 1. The molecule has 1 N–H and O–H groups in total. The molecule has 0 bridgehead atoms. The number of thiophene rings is 1. The van der Waals surface area contributed by atoms with Crippen molar-refractivity contribution in [1.82, 2.24) is 0 Å². The van der Waals surface area contributed by atoms with Gasteiger partial charge in [0, 0.05) is 24.0 Å². The van der Waals surface area contributed by atoms with Crippen molar-refractivity contribution < 1.29 is 10.0 Å². The Morgan fingerprint density at radius 3 is 2.74 bits per heavy atom. The third-order valence-electron chi connectivity index (χ3n) is 3.94. The maximum atomic E-state index is 11.2. The molecule has 1 aliphatic heterocycles. The lowest BCUT2D eigenvalue weighted by molar-refractivity contribution is -0.383. The number of aliphatic hydroxyl groups excluding tert-OH is 1. The maximum absolute atomic E-state index is 11.2. The molecule has 0 radical (unpaired) electrons. The molecule has 0 aromatic carbocycles. The number of anilines is 1. The van der Waals surface area contributed by atoms with Crippen LogP contribution in [-0.4, -0.2) is 23.1 Å². The van der Waals surface area contributed by atoms with E-state index in [4.69, 9.17) is 0 Å². The standard InChI is InChI=1S/C13H20N2O3S/c1-8-4-5-14(7-9(8)2)13-11(15(17)18)6-12(19-13)10(3)16/h6,8-10,16H,4-5,7H2,1-3H3. The van der Waals surface area contributed by atoms with Crippen molar-refractivity contribution in [1.29, 1.82) is 0 Å². The summed E-state index contributed by atoms with van der Waals surface area (Å²) in [6.07, 6.45) is 0.402. The number of aliphatic hydroxyl groups is 1. The lowest BCUT2D eigenvalue weighted by atomic mass is 9.89. The molecule has 1 aliphatic rings. The summed E-state index contributed by atoms with van der Waals surface area (Å²) in [6.45, 7) is 7.76. The van der Waals surface area contributed by atoms with Gasteiger partial charge < -0.3 is 10.0 Å². The van der Waals surface area contributed by atoms with Crippen LogP contribution in [0.2, 0.25) is 0 Å². The highest BCUT2D eigenvalue weighted by Gasteiger charge is 2.30. The Morgan fingerprint density at radius 2 is 2.21 bits per heavy atom. The van der Waals surface area contributed by atoms with Gasteiger partial charge in [0.1, 0.15) is 0 Å². The molecule has 1 aromatic heterocycles. The average molecular weight is 284 g/mol. The van der Waals surface area contributed by atoms with Crippen LogP contribution in [0.3, 0.4) is 0 Å². The van der Waals surface area contributed by atoms with Crippen LogP contribution in [0.15, 0.2) is 6.07 Å². The number of nitrogens with zero attached hydrogens (tertiary/aromatic N) is 2. The first-order chi connectivity index (χ1) is 8.90. The molecular weight excluding hydrogens is 264 g/mol. The molecule has 1 aromatic rings. The predicted molar refractivity (Wildman–Crippen MR) is 76.8 cm³/mol. The van der Waals surface area contributed by atoms with Gasteiger partial charge in [-0.1, -0.05) is 13.8 Å². The lowest BCUT2D eigenvalue weighted by Gasteiger charge is -2.35. The molecule has 3 atom stereocenters. The minimum atomic E-state index is -0.654. The second-order valence-electron chi connectivity index (χ2n) is 5.46. The van der Waals surface area contributed by atoms with Crippen molar-refractivity contribution in [3.8, 4) is 0 Å². The van der Waals surface area contributed by atoms with Gasteiger partial charge in [0.05, 0.1) is 11.0 Å². The SMILES string of the molecule is CC(O)c1cc([N+](=O)[O-])c(N2CCC(C)C(C)C2)s1. The van der Waals surface area contributed by atoms with E-state index in [2.05, 4.69) is 18.7 Å². The molecule has 1 saturated heterocycles. The zero-order valence-corrected chi connectivity index (χ0v) is 12.3. The van der Waals surface area contributed by atoms with Crippen molar-refractivity contribution in [2.45, 2.75) is 33.3 Å². The Labute approximate surface area is 117 Å². The van der Waals surface area contributed by atoms with E-state index in [1.807, 2.05) is 0 Å². The van der Waals surface area contributed by atoms with Gasteiger partial charge in [0.25, 0.3) is 0 Å². The first-order valence-corrected chi connectivity index (χ1v) is 7.43. The van der Waals surface area contributed by atoms with E-state index in [1.54, 1.807) is 6.92 Å². The van der Waals surface area contributed by atoms with Crippen LogP contribution in [-0.2, 0) is 0 Å². The van der Waals surface area contributed by atoms with Crippen LogP contribution in [0.5, 0.6) is 0 Å². The molecule has 106 valence electrons. The Kier molecular flexibility index (Phi) is 4.10. The zero-order valence-electron chi connectivity index (χ0n) is 11.5. The number of hydrogen-bond donors (Lipinski definition) is 1. The second-order valence-corrected chi connectivity index (χ2v) is 6.52. The van der Waals surface area contributed by atoms with E-state index in [9.17, 15) is 15.2 Å². The summed E-state index contributed by atoms with van der Waals surface area (Å²) in [6, 6.07) is 1.51. The summed E-state index contributed by atoms with van der Waals surface area (Å²) in [4.78, 5) is 13.6. The second kappa shape index (κ2) is 5.46. The molecule has 0 saturated carbocycles. The molecule has 19 heavy (non-hydrogen) atoms. The van der Waals surface area contributed by atoms with Gasteiger partial charge in [-0.05, 0) is 25.2 Å². The van der Waals surface area contributed by atoms with E-state index < -0.39 is 6.10 Å². The summed E-state index contributed by atoms with van der Waals surface area (Å²) in [5, 5.41) is 21.4. The summed E-state index contributed by atoms with van der Waals surface area (Å²) in [5.41, 5.74) is 0.127. The molecular formula is C13H20N2O3S. The van der Waals surface area contributed by atoms with Crippen LogP contribution in [0, 0.1) is 22.0 Å². The van der Waals surface area contributed by atoms with Gasteiger partial charge in [-0.2, -0.15) is 0 Å². The molecule has 0 spiro atoms. The highest BCUT2D eigenvalue weighted by atomic mass is 32.1. The summed E-state index contributed by atoms with van der Waals surface area (Å²) < 4.78 is 0. The van der Waals surface area contributed by atoms with Crippen LogP contribution in [0.4, 0.5) is 10.7 Å².